The molecule has 3 aromatic carbocycles. The number of rotatable bonds is 4. The molecule has 1 amide bonds. The number of carbonyl (C=O) groups excluding carboxylic acids is 1. The first-order valence-corrected chi connectivity index (χ1v) is 9.91. The van der Waals surface area contributed by atoms with Gasteiger partial charge in [0.15, 0.2) is 0 Å². The van der Waals surface area contributed by atoms with Crippen LogP contribution in [-0.2, 0) is 4.74 Å². The lowest BCUT2D eigenvalue weighted by molar-refractivity contribution is 0.0697. The van der Waals surface area contributed by atoms with Gasteiger partial charge in [-0.15, -0.1) is 0 Å². The molecule has 0 saturated carbocycles. The summed E-state index contributed by atoms with van der Waals surface area (Å²) in [6, 6.07) is 19.5. The average molecular weight is 452 g/mol. The molecule has 0 aromatic heterocycles. The van der Waals surface area contributed by atoms with Crippen molar-refractivity contribution < 1.29 is 19.4 Å². The van der Waals surface area contributed by atoms with Crippen LogP contribution in [0.4, 0.5) is 10.5 Å². The molecule has 3 aromatic rings. The number of benzene rings is 3. The smallest absolute Gasteiger partial charge is 0.411 e. The standard InChI is InChI=1S/C23H18BrNO4/c1-13-10-11-19(24)21(20(13)22(26)27)25-23(28)29-12-18-16-8-4-2-6-14(16)15-7-3-5-9-17(15)18/h2-11,18H,12H2,1H3,(H,25,28)(H,26,27). The van der Waals surface area contributed by atoms with Crippen molar-refractivity contribution in [3.63, 3.8) is 0 Å². The molecule has 29 heavy (non-hydrogen) atoms. The van der Waals surface area contributed by atoms with Crippen LogP contribution < -0.4 is 5.32 Å². The molecule has 1 aliphatic carbocycles. The van der Waals surface area contributed by atoms with E-state index in [1.165, 1.54) is 0 Å². The van der Waals surface area contributed by atoms with Crippen molar-refractivity contribution in [2.75, 3.05) is 11.9 Å². The van der Waals surface area contributed by atoms with E-state index in [4.69, 9.17) is 4.74 Å². The number of hydrogen-bond donors (Lipinski definition) is 2. The van der Waals surface area contributed by atoms with E-state index in [1.54, 1.807) is 19.1 Å². The summed E-state index contributed by atoms with van der Waals surface area (Å²) in [5.74, 6) is -1.18. The van der Waals surface area contributed by atoms with Gasteiger partial charge in [0.25, 0.3) is 0 Å². The van der Waals surface area contributed by atoms with Crippen molar-refractivity contribution in [3.05, 3.63) is 87.4 Å². The topological polar surface area (TPSA) is 75.6 Å². The Bertz CT molecular complexity index is 1080. The molecular weight excluding hydrogens is 434 g/mol. The van der Waals surface area contributed by atoms with E-state index in [0.717, 1.165) is 22.3 Å². The van der Waals surface area contributed by atoms with E-state index in [1.807, 2.05) is 36.4 Å². The number of amides is 1. The van der Waals surface area contributed by atoms with Crippen LogP contribution in [-0.4, -0.2) is 23.8 Å². The fraction of sp³-hybridized carbons (Fsp3) is 0.130. The van der Waals surface area contributed by atoms with Crippen LogP contribution in [0.3, 0.4) is 0 Å². The maximum Gasteiger partial charge on any atom is 0.411 e. The number of nitrogens with one attached hydrogen (secondary N) is 1. The van der Waals surface area contributed by atoms with Gasteiger partial charge in [-0.2, -0.15) is 0 Å². The third kappa shape index (κ3) is 3.51. The molecule has 0 fully saturated rings. The van der Waals surface area contributed by atoms with Crippen LogP contribution in [0.25, 0.3) is 11.1 Å². The molecule has 0 unspecified atom stereocenters. The SMILES string of the molecule is Cc1ccc(Br)c(NC(=O)OCC2c3ccccc3-c3ccccc32)c1C(=O)O. The van der Waals surface area contributed by atoms with Crippen molar-refractivity contribution in [3.8, 4) is 11.1 Å². The number of fused-ring (bicyclic) bond motifs is 3. The van der Waals surface area contributed by atoms with Gasteiger partial charge in [0, 0.05) is 10.4 Å². The lowest BCUT2D eigenvalue weighted by Crippen LogP contribution is -2.20. The number of anilines is 1. The summed E-state index contributed by atoms with van der Waals surface area (Å²) in [6.07, 6.45) is -0.694. The first-order valence-electron chi connectivity index (χ1n) is 9.11. The maximum atomic E-state index is 12.5. The van der Waals surface area contributed by atoms with E-state index >= 15 is 0 Å². The minimum atomic E-state index is -1.11. The lowest BCUT2D eigenvalue weighted by atomic mass is 9.98. The zero-order chi connectivity index (χ0) is 20.5. The highest BCUT2D eigenvalue weighted by Gasteiger charge is 2.29. The number of carboxylic acid groups (broad SMARTS) is 1. The molecular formula is C23H18BrNO4. The number of carbonyl (C=O) groups is 2. The Morgan fingerprint density at radius 3 is 2.17 bits per heavy atom. The molecule has 146 valence electrons. The lowest BCUT2D eigenvalue weighted by Gasteiger charge is -2.16. The molecule has 2 N–H and O–H groups in total. The molecule has 0 radical (unpaired) electrons. The number of aromatic carboxylic acids is 1. The maximum absolute atomic E-state index is 12.5. The monoisotopic (exact) mass is 451 g/mol. The molecule has 0 heterocycles. The average Bonchev–Trinajstić information content (AvgIpc) is 3.03. The van der Waals surface area contributed by atoms with Gasteiger partial charge < -0.3 is 9.84 Å². The van der Waals surface area contributed by atoms with Crippen LogP contribution in [0, 0.1) is 6.92 Å². The third-order valence-corrected chi connectivity index (χ3v) is 5.81. The second-order valence-electron chi connectivity index (χ2n) is 6.87. The highest BCUT2D eigenvalue weighted by molar-refractivity contribution is 9.10. The van der Waals surface area contributed by atoms with E-state index in [0.29, 0.717) is 10.0 Å². The van der Waals surface area contributed by atoms with Crippen LogP contribution >= 0.6 is 15.9 Å². The summed E-state index contributed by atoms with van der Waals surface area (Å²) in [4.78, 5) is 24.1. The predicted octanol–water partition coefficient (Wildman–Crippen LogP) is 5.82. The molecule has 1 aliphatic rings. The molecule has 0 aliphatic heterocycles. The second-order valence-corrected chi connectivity index (χ2v) is 7.72. The highest BCUT2D eigenvalue weighted by atomic mass is 79.9. The van der Waals surface area contributed by atoms with Crippen molar-refractivity contribution in [1.29, 1.82) is 0 Å². The number of carboxylic acids is 1. The minimum absolute atomic E-state index is 0.0351. The molecule has 6 heteroatoms. The second kappa shape index (κ2) is 7.72. The normalized spacial score (nSPS) is 12.2. The number of ether oxygens (including phenoxy) is 1. The van der Waals surface area contributed by atoms with Crippen molar-refractivity contribution >= 4 is 33.7 Å². The molecule has 4 rings (SSSR count). The first kappa shape index (κ1) is 19.2. The highest BCUT2D eigenvalue weighted by Crippen LogP contribution is 2.44. The number of aryl methyl sites for hydroxylation is 1. The van der Waals surface area contributed by atoms with Crippen LogP contribution in [0.15, 0.2) is 65.1 Å². The van der Waals surface area contributed by atoms with Gasteiger partial charge in [-0.25, -0.2) is 9.59 Å². The Balaban J connectivity index is 1.55. The van der Waals surface area contributed by atoms with Crippen molar-refractivity contribution in [2.45, 2.75) is 12.8 Å². The van der Waals surface area contributed by atoms with Gasteiger partial charge in [-0.1, -0.05) is 54.6 Å². The summed E-state index contributed by atoms with van der Waals surface area (Å²) in [6.45, 7) is 1.84. The Morgan fingerprint density at radius 2 is 1.59 bits per heavy atom. The van der Waals surface area contributed by atoms with Gasteiger partial charge in [-0.3, -0.25) is 5.32 Å². The number of halogens is 1. The zero-order valence-corrected chi connectivity index (χ0v) is 17.2. The summed E-state index contributed by atoms with van der Waals surface area (Å²) in [5.41, 5.74) is 5.30. The summed E-state index contributed by atoms with van der Waals surface area (Å²) in [5, 5.41) is 12.1. The molecule has 0 atom stereocenters. The van der Waals surface area contributed by atoms with E-state index < -0.39 is 12.1 Å². The Kier molecular flexibility index (Phi) is 5.11. The van der Waals surface area contributed by atoms with Gasteiger partial charge in [-0.05, 0) is 56.7 Å². The molecule has 5 nitrogen and oxygen atoms in total. The van der Waals surface area contributed by atoms with E-state index in [2.05, 4.69) is 33.4 Å². The fourth-order valence-electron chi connectivity index (χ4n) is 3.82. The zero-order valence-electron chi connectivity index (χ0n) is 15.6. The Morgan fingerprint density at radius 1 is 1.00 bits per heavy atom. The number of hydrogen-bond acceptors (Lipinski definition) is 3. The van der Waals surface area contributed by atoms with Gasteiger partial charge in [0.2, 0.25) is 0 Å². The summed E-state index contributed by atoms with van der Waals surface area (Å²) >= 11 is 3.30. The van der Waals surface area contributed by atoms with Crippen LogP contribution in [0.1, 0.15) is 33.0 Å². The first-order chi connectivity index (χ1) is 14.0. The summed E-state index contributed by atoms with van der Waals surface area (Å²) < 4.78 is 5.99. The van der Waals surface area contributed by atoms with Crippen molar-refractivity contribution in [1.82, 2.24) is 0 Å². The van der Waals surface area contributed by atoms with E-state index in [-0.39, 0.29) is 23.8 Å². The third-order valence-electron chi connectivity index (χ3n) is 5.15. The summed E-state index contributed by atoms with van der Waals surface area (Å²) in [7, 11) is 0. The molecule has 0 spiro atoms. The van der Waals surface area contributed by atoms with Gasteiger partial charge in [0.1, 0.15) is 6.61 Å². The fourth-order valence-corrected chi connectivity index (χ4v) is 4.25. The molecule has 0 saturated heterocycles. The quantitative estimate of drug-likeness (QED) is 0.524. The Hall–Kier alpha value is -3.12. The van der Waals surface area contributed by atoms with E-state index in [9.17, 15) is 14.7 Å². The minimum Gasteiger partial charge on any atom is -0.478 e. The largest absolute Gasteiger partial charge is 0.478 e. The van der Waals surface area contributed by atoms with Crippen molar-refractivity contribution in [2.24, 2.45) is 0 Å². The van der Waals surface area contributed by atoms with Gasteiger partial charge in [0.05, 0.1) is 11.3 Å². The molecule has 0 bridgehead atoms. The predicted molar refractivity (Wildman–Crippen MR) is 115 cm³/mol. The van der Waals surface area contributed by atoms with Crippen LogP contribution in [0.5, 0.6) is 0 Å². The Labute approximate surface area is 176 Å². The van der Waals surface area contributed by atoms with Gasteiger partial charge >= 0.3 is 12.1 Å². The van der Waals surface area contributed by atoms with Crippen LogP contribution in [0.2, 0.25) is 0 Å².